The van der Waals surface area contributed by atoms with Crippen molar-refractivity contribution < 1.29 is 19.5 Å². The predicted molar refractivity (Wildman–Crippen MR) is 141 cm³/mol. The maximum Gasteiger partial charge on any atom is 0.407 e. The van der Waals surface area contributed by atoms with Gasteiger partial charge in [-0.15, -0.1) is 11.3 Å². The molecule has 0 radical (unpaired) electrons. The molecular weight excluding hydrogens is 492 g/mol. The topological polar surface area (TPSA) is 132 Å². The lowest BCUT2D eigenvalue weighted by Gasteiger charge is -2.20. The highest BCUT2D eigenvalue weighted by Crippen LogP contribution is 2.23. The van der Waals surface area contributed by atoms with Crippen molar-refractivity contribution in [3.63, 3.8) is 0 Å². The van der Waals surface area contributed by atoms with E-state index in [9.17, 15) is 24.3 Å². The van der Waals surface area contributed by atoms with Crippen LogP contribution in [0, 0.1) is 0 Å². The molecule has 190 valence electrons. The van der Waals surface area contributed by atoms with Gasteiger partial charge in [0.25, 0.3) is 5.91 Å². The predicted octanol–water partition coefficient (Wildman–Crippen LogP) is 4.32. The fourth-order valence-corrected chi connectivity index (χ4v) is 4.87. The molecule has 4 rings (SSSR count). The number of carbonyl (C=O) groups excluding carboxylic acids is 2. The minimum atomic E-state index is -1.02. The van der Waals surface area contributed by atoms with Crippen molar-refractivity contribution in [1.29, 1.82) is 0 Å². The van der Waals surface area contributed by atoms with Crippen LogP contribution < -0.4 is 10.9 Å². The number of carboxylic acid groups (broad SMARTS) is 1. The monoisotopic (exact) mass is 518 g/mol. The highest BCUT2D eigenvalue weighted by molar-refractivity contribution is 7.20. The molecule has 0 bridgehead atoms. The molecule has 0 saturated heterocycles. The number of hydrogen-bond donors (Lipinski definition) is 3. The number of rotatable bonds is 11. The molecule has 3 N–H and O–H groups in total. The average Bonchev–Trinajstić information content (AvgIpc) is 3.34. The van der Waals surface area contributed by atoms with E-state index >= 15 is 0 Å². The summed E-state index contributed by atoms with van der Waals surface area (Å²) in [6.07, 6.45) is 0.259. The molecule has 10 heteroatoms. The van der Waals surface area contributed by atoms with Gasteiger partial charge in [-0.05, 0) is 43.0 Å². The fraction of sp³-hybridized carbons (Fsp3) is 0.222. The van der Waals surface area contributed by atoms with Gasteiger partial charge >= 0.3 is 6.09 Å². The Labute approximate surface area is 216 Å². The van der Waals surface area contributed by atoms with Gasteiger partial charge in [0.1, 0.15) is 5.69 Å². The molecule has 37 heavy (non-hydrogen) atoms. The van der Waals surface area contributed by atoms with Gasteiger partial charge in [0.15, 0.2) is 5.01 Å². The molecule has 0 aliphatic heterocycles. The van der Waals surface area contributed by atoms with Crippen molar-refractivity contribution in [2.75, 3.05) is 6.54 Å². The van der Waals surface area contributed by atoms with Crippen LogP contribution >= 0.6 is 11.3 Å². The summed E-state index contributed by atoms with van der Waals surface area (Å²) in [4.78, 5) is 57.8. The quantitative estimate of drug-likeness (QED) is 0.200. The van der Waals surface area contributed by atoms with Crippen LogP contribution in [-0.2, 0) is 6.54 Å². The van der Waals surface area contributed by atoms with Crippen LogP contribution in [0.5, 0.6) is 0 Å². The van der Waals surface area contributed by atoms with E-state index in [4.69, 9.17) is 0 Å². The first-order valence-corrected chi connectivity index (χ1v) is 12.6. The Balaban J connectivity index is 1.44. The lowest BCUT2D eigenvalue weighted by atomic mass is 10.0. The van der Waals surface area contributed by atoms with Crippen LogP contribution in [0.4, 0.5) is 4.79 Å². The number of nitrogens with zero attached hydrogens (tertiary/aromatic N) is 2. The fourth-order valence-electron chi connectivity index (χ4n) is 3.91. The zero-order chi connectivity index (χ0) is 26.2. The summed E-state index contributed by atoms with van der Waals surface area (Å²) in [7, 11) is 0. The minimum absolute atomic E-state index is 0.0505. The Bertz CT molecular complexity index is 1420. The number of thiazole rings is 1. The second-order valence-electron chi connectivity index (χ2n) is 8.49. The number of Topliss-reactive ketones (excluding diaryl/α,β-unsaturated/α-hetero) is 1. The Kier molecular flexibility index (Phi) is 8.42. The van der Waals surface area contributed by atoms with Crippen molar-refractivity contribution in [3.05, 3.63) is 99.4 Å². The van der Waals surface area contributed by atoms with Gasteiger partial charge in [0, 0.05) is 19.2 Å². The first-order valence-electron chi connectivity index (χ1n) is 11.8. The number of aromatic amines is 1. The molecule has 2 aromatic carbocycles. The molecule has 0 fully saturated rings. The number of aromatic nitrogens is 2. The molecule has 0 aliphatic rings. The number of nitrogens with one attached hydrogen (secondary N) is 2. The highest BCUT2D eigenvalue weighted by Gasteiger charge is 2.26. The molecule has 2 heterocycles. The number of para-hydroxylation sites is 1. The third-order valence-corrected chi connectivity index (χ3v) is 6.85. The van der Waals surface area contributed by atoms with Crippen LogP contribution in [0.25, 0.3) is 10.2 Å². The Morgan fingerprint density at radius 3 is 2.46 bits per heavy atom. The number of pyridine rings is 1. The lowest BCUT2D eigenvalue weighted by molar-refractivity contribution is 0.0847. The van der Waals surface area contributed by atoms with E-state index in [0.29, 0.717) is 18.4 Å². The second kappa shape index (κ2) is 12.1. The van der Waals surface area contributed by atoms with Gasteiger partial charge in [-0.25, -0.2) is 9.78 Å². The second-order valence-corrected chi connectivity index (χ2v) is 9.52. The zero-order valence-corrected chi connectivity index (χ0v) is 20.7. The van der Waals surface area contributed by atoms with E-state index < -0.39 is 23.6 Å². The number of carbonyl (C=O) groups is 3. The molecular formula is C27H26N4O5S. The SMILES string of the molecule is O=C(N[C@@H](CCCCN(Cc1ccccc1)C(=O)O)C(=O)c1nc2ccccc2s1)c1cccc(=O)[nH]1. The average molecular weight is 519 g/mol. The minimum Gasteiger partial charge on any atom is -0.465 e. The first kappa shape index (κ1) is 25.8. The Morgan fingerprint density at radius 2 is 1.73 bits per heavy atom. The van der Waals surface area contributed by atoms with Crippen LogP contribution in [-0.4, -0.2) is 50.3 Å². The maximum atomic E-state index is 13.4. The summed E-state index contributed by atoms with van der Waals surface area (Å²) < 4.78 is 0.862. The van der Waals surface area contributed by atoms with E-state index in [1.165, 1.54) is 34.4 Å². The van der Waals surface area contributed by atoms with Crippen molar-refractivity contribution in [1.82, 2.24) is 20.2 Å². The first-order chi connectivity index (χ1) is 17.9. The summed E-state index contributed by atoms with van der Waals surface area (Å²) in [6, 6.07) is 20.1. The van der Waals surface area contributed by atoms with Crippen molar-refractivity contribution in [3.8, 4) is 0 Å². The van der Waals surface area contributed by atoms with Gasteiger partial charge in [0.2, 0.25) is 11.3 Å². The van der Waals surface area contributed by atoms with Gasteiger partial charge in [-0.3, -0.25) is 14.4 Å². The molecule has 4 aromatic rings. The third kappa shape index (κ3) is 6.89. The molecule has 2 aromatic heterocycles. The zero-order valence-electron chi connectivity index (χ0n) is 19.9. The molecule has 1 atom stereocenters. The molecule has 0 aliphatic carbocycles. The van der Waals surface area contributed by atoms with Gasteiger partial charge in [-0.1, -0.05) is 48.5 Å². The number of benzene rings is 2. The summed E-state index contributed by atoms with van der Waals surface area (Å²) in [6.45, 7) is 0.550. The molecule has 0 unspecified atom stereocenters. The Morgan fingerprint density at radius 1 is 0.973 bits per heavy atom. The van der Waals surface area contributed by atoms with E-state index in [1.54, 1.807) is 0 Å². The number of hydrogen-bond acceptors (Lipinski definition) is 6. The van der Waals surface area contributed by atoms with Crippen LogP contribution in [0.2, 0.25) is 0 Å². The van der Waals surface area contributed by atoms with Crippen molar-refractivity contribution in [2.45, 2.75) is 31.8 Å². The van der Waals surface area contributed by atoms with Gasteiger partial charge in [-0.2, -0.15) is 0 Å². The molecule has 0 spiro atoms. The summed E-state index contributed by atoms with van der Waals surface area (Å²) in [5.41, 5.74) is 1.22. The highest BCUT2D eigenvalue weighted by atomic mass is 32.1. The number of amides is 2. The number of H-pyrrole nitrogens is 1. The molecule has 9 nitrogen and oxygen atoms in total. The molecule has 0 saturated carbocycles. The van der Waals surface area contributed by atoms with Crippen LogP contribution in [0.15, 0.2) is 77.6 Å². The van der Waals surface area contributed by atoms with Gasteiger partial charge < -0.3 is 20.3 Å². The standard InChI is InChI=1S/C27H26N4O5S/c32-23-15-8-13-21(28-23)25(34)29-20(24(33)26-30-19-11-4-5-14-22(19)37-26)12-6-7-16-31(27(35)36)17-18-9-2-1-3-10-18/h1-5,8-11,13-15,20H,6-7,12,16-17H2,(H,28,32)(H,29,34)(H,35,36)/t20-/m0/s1. The van der Waals surface area contributed by atoms with Crippen LogP contribution in [0.1, 0.15) is 45.1 Å². The summed E-state index contributed by atoms with van der Waals surface area (Å²) in [5.74, 6) is -0.902. The van der Waals surface area contributed by atoms with E-state index in [-0.39, 0.29) is 36.0 Å². The van der Waals surface area contributed by atoms with Crippen molar-refractivity contribution in [2.24, 2.45) is 0 Å². The van der Waals surface area contributed by atoms with E-state index in [2.05, 4.69) is 15.3 Å². The van der Waals surface area contributed by atoms with Gasteiger partial charge in [0.05, 0.1) is 16.3 Å². The number of ketones is 1. The summed E-state index contributed by atoms with van der Waals surface area (Å²) in [5, 5.41) is 12.6. The summed E-state index contributed by atoms with van der Waals surface area (Å²) >= 11 is 1.25. The smallest absolute Gasteiger partial charge is 0.407 e. The van der Waals surface area contributed by atoms with Crippen LogP contribution in [0.3, 0.4) is 0 Å². The van der Waals surface area contributed by atoms with E-state index in [0.717, 1.165) is 10.3 Å². The number of fused-ring (bicyclic) bond motifs is 1. The normalized spacial score (nSPS) is 11.7. The van der Waals surface area contributed by atoms with Crippen molar-refractivity contribution >= 4 is 39.3 Å². The third-order valence-electron chi connectivity index (χ3n) is 5.80. The molecule has 2 amide bonds. The van der Waals surface area contributed by atoms with E-state index in [1.807, 2.05) is 54.6 Å². The maximum absolute atomic E-state index is 13.4. The Hall–Kier alpha value is -4.31. The largest absolute Gasteiger partial charge is 0.465 e. The number of unbranched alkanes of at least 4 members (excludes halogenated alkanes) is 1. The lowest BCUT2D eigenvalue weighted by Crippen LogP contribution is -2.41.